The lowest BCUT2D eigenvalue weighted by Gasteiger charge is -2.08. The molecule has 3 heterocycles. The van der Waals surface area contributed by atoms with Crippen molar-refractivity contribution in [2.24, 2.45) is 0 Å². The summed E-state index contributed by atoms with van der Waals surface area (Å²) in [7, 11) is 0. The molecule has 3 rings (SSSR count). The molecule has 0 atom stereocenters. The molecule has 21 heavy (non-hydrogen) atoms. The SMILES string of the molecule is Cc1cc(Cl)c(C)nc1-n1c(=S)n2n(c1=S)CCCCC2. The number of halogens is 1. The first-order chi connectivity index (χ1) is 10.0. The Kier molecular flexibility index (Phi) is 4.03. The number of rotatable bonds is 1. The maximum Gasteiger partial charge on any atom is 0.203 e. The van der Waals surface area contributed by atoms with Gasteiger partial charge >= 0.3 is 0 Å². The fourth-order valence-electron chi connectivity index (χ4n) is 2.72. The molecule has 0 radical (unpaired) electrons. The van der Waals surface area contributed by atoms with Crippen LogP contribution in [0.5, 0.6) is 0 Å². The average Bonchev–Trinajstić information content (AvgIpc) is 2.63. The van der Waals surface area contributed by atoms with Crippen LogP contribution in [0.25, 0.3) is 5.82 Å². The Labute approximate surface area is 139 Å². The number of fused-ring (bicyclic) bond motifs is 1. The summed E-state index contributed by atoms with van der Waals surface area (Å²) in [6.07, 6.45) is 3.49. The molecular weight excluding hydrogens is 324 g/mol. The van der Waals surface area contributed by atoms with Crippen molar-refractivity contribution in [3.8, 4) is 5.82 Å². The van der Waals surface area contributed by atoms with E-state index in [1.54, 1.807) is 0 Å². The van der Waals surface area contributed by atoms with Crippen LogP contribution in [0.3, 0.4) is 0 Å². The van der Waals surface area contributed by atoms with Gasteiger partial charge < -0.3 is 0 Å². The first-order valence-electron chi connectivity index (χ1n) is 7.07. The van der Waals surface area contributed by atoms with Gasteiger partial charge in [0, 0.05) is 13.1 Å². The fraction of sp³-hybridized carbons (Fsp3) is 0.500. The summed E-state index contributed by atoms with van der Waals surface area (Å²) >= 11 is 17.4. The van der Waals surface area contributed by atoms with Gasteiger partial charge in [-0.25, -0.2) is 9.55 Å². The van der Waals surface area contributed by atoms with Crippen LogP contribution in [-0.4, -0.2) is 18.9 Å². The smallest absolute Gasteiger partial charge is 0.203 e. The molecule has 0 unspecified atom stereocenters. The molecule has 0 bridgehead atoms. The zero-order valence-electron chi connectivity index (χ0n) is 12.1. The number of hydrogen-bond acceptors (Lipinski definition) is 3. The zero-order valence-corrected chi connectivity index (χ0v) is 14.5. The predicted molar refractivity (Wildman–Crippen MR) is 89.5 cm³/mol. The molecule has 1 aliphatic rings. The summed E-state index contributed by atoms with van der Waals surface area (Å²) in [6.45, 7) is 5.71. The minimum atomic E-state index is 0.669. The summed E-state index contributed by atoms with van der Waals surface area (Å²) in [5, 5.41) is 0.669. The van der Waals surface area contributed by atoms with Gasteiger partial charge in [-0.3, -0.25) is 9.36 Å². The van der Waals surface area contributed by atoms with Gasteiger partial charge in [-0.15, -0.1) is 0 Å². The van der Waals surface area contributed by atoms with Gasteiger partial charge in [0.1, 0.15) is 5.82 Å². The molecule has 1 aliphatic heterocycles. The van der Waals surface area contributed by atoms with E-state index in [0.29, 0.717) is 5.02 Å². The van der Waals surface area contributed by atoms with Crippen molar-refractivity contribution < 1.29 is 0 Å². The van der Waals surface area contributed by atoms with Gasteiger partial charge in [0.2, 0.25) is 9.54 Å². The maximum atomic E-state index is 6.14. The van der Waals surface area contributed by atoms with E-state index in [2.05, 4.69) is 14.3 Å². The van der Waals surface area contributed by atoms with E-state index < -0.39 is 0 Å². The van der Waals surface area contributed by atoms with Crippen LogP contribution in [0.15, 0.2) is 6.07 Å². The van der Waals surface area contributed by atoms with E-state index in [0.717, 1.165) is 52.5 Å². The normalized spacial score (nSPS) is 14.8. The number of aryl methyl sites for hydroxylation is 2. The molecular formula is C14H17ClN4S2. The fourth-order valence-corrected chi connectivity index (χ4v) is 3.71. The van der Waals surface area contributed by atoms with Crippen molar-refractivity contribution >= 4 is 36.0 Å². The highest BCUT2D eigenvalue weighted by atomic mass is 35.5. The van der Waals surface area contributed by atoms with Crippen LogP contribution in [0.1, 0.15) is 30.5 Å². The van der Waals surface area contributed by atoms with Crippen LogP contribution >= 0.6 is 36.0 Å². The van der Waals surface area contributed by atoms with Crippen molar-refractivity contribution in [3.05, 3.63) is 31.9 Å². The van der Waals surface area contributed by atoms with Crippen molar-refractivity contribution in [3.63, 3.8) is 0 Å². The van der Waals surface area contributed by atoms with E-state index in [-0.39, 0.29) is 0 Å². The molecule has 7 heteroatoms. The first kappa shape index (κ1) is 14.9. The Bertz CT molecular complexity index is 778. The molecule has 0 saturated carbocycles. The van der Waals surface area contributed by atoms with Gasteiger partial charge in [0.25, 0.3) is 0 Å². The minimum absolute atomic E-state index is 0.669. The van der Waals surface area contributed by atoms with E-state index in [1.807, 2.05) is 24.5 Å². The summed E-state index contributed by atoms with van der Waals surface area (Å²) < 4.78 is 7.55. The lowest BCUT2D eigenvalue weighted by atomic mass is 10.2. The minimum Gasteiger partial charge on any atom is -0.258 e. The Morgan fingerprint density at radius 1 is 1.05 bits per heavy atom. The van der Waals surface area contributed by atoms with Gasteiger partial charge in [0.05, 0.1) is 10.7 Å². The standard InChI is InChI=1S/C14H17ClN4S2/c1-9-8-11(15)10(2)16-12(9)19-13(20)17-6-4-3-5-7-18(17)14(19)21/h8H,3-7H2,1-2H3. The van der Waals surface area contributed by atoms with Crippen LogP contribution < -0.4 is 0 Å². The lowest BCUT2D eigenvalue weighted by molar-refractivity contribution is 0.479. The van der Waals surface area contributed by atoms with Gasteiger partial charge in [-0.2, -0.15) is 0 Å². The summed E-state index contributed by atoms with van der Waals surface area (Å²) in [4.78, 5) is 4.60. The molecule has 0 aliphatic carbocycles. The van der Waals surface area contributed by atoms with Gasteiger partial charge in [-0.1, -0.05) is 11.6 Å². The van der Waals surface area contributed by atoms with Gasteiger partial charge in [-0.05, 0) is 69.2 Å². The van der Waals surface area contributed by atoms with Crippen LogP contribution in [0.4, 0.5) is 0 Å². The second-order valence-electron chi connectivity index (χ2n) is 5.40. The van der Waals surface area contributed by atoms with Crippen LogP contribution in [0, 0.1) is 23.4 Å². The topological polar surface area (TPSA) is 27.7 Å². The summed E-state index contributed by atoms with van der Waals surface area (Å²) in [6, 6.07) is 1.92. The predicted octanol–water partition coefficient (Wildman–Crippen LogP) is 4.39. The largest absolute Gasteiger partial charge is 0.258 e. The molecule has 4 nitrogen and oxygen atoms in total. The molecule has 0 aromatic carbocycles. The maximum absolute atomic E-state index is 6.14. The second kappa shape index (κ2) is 5.66. The van der Waals surface area contributed by atoms with Gasteiger partial charge in [0.15, 0.2) is 0 Å². The Morgan fingerprint density at radius 3 is 2.19 bits per heavy atom. The third kappa shape index (κ3) is 2.49. The zero-order chi connectivity index (χ0) is 15.1. The second-order valence-corrected chi connectivity index (χ2v) is 6.54. The molecule has 0 amide bonds. The van der Waals surface area contributed by atoms with Crippen molar-refractivity contribution in [2.45, 2.75) is 46.2 Å². The monoisotopic (exact) mass is 340 g/mol. The number of pyridine rings is 1. The molecule has 0 saturated heterocycles. The Hall–Kier alpha value is -0.980. The summed E-state index contributed by atoms with van der Waals surface area (Å²) in [5.74, 6) is 0.792. The summed E-state index contributed by atoms with van der Waals surface area (Å²) in [5.41, 5.74) is 1.77. The highest BCUT2D eigenvalue weighted by Crippen LogP contribution is 2.22. The molecule has 0 N–H and O–H groups in total. The third-order valence-corrected chi connectivity index (χ3v) is 5.05. The first-order valence-corrected chi connectivity index (χ1v) is 8.27. The van der Waals surface area contributed by atoms with Crippen LogP contribution in [-0.2, 0) is 13.1 Å². The van der Waals surface area contributed by atoms with E-state index in [9.17, 15) is 0 Å². The molecule has 0 fully saturated rings. The number of hydrogen-bond donors (Lipinski definition) is 0. The highest BCUT2D eigenvalue weighted by molar-refractivity contribution is 7.72. The van der Waals surface area contributed by atoms with E-state index in [1.165, 1.54) is 6.42 Å². The average molecular weight is 341 g/mol. The molecule has 2 aromatic heterocycles. The Balaban J connectivity index is 2.28. The molecule has 2 aromatic rings. The highest BCUT2D eigenvalue weighted by Gasteiger charge is 2.17. The number of aromatic nitrogens is 4. The third-order valence-electron chi connectivity index (χ3n) is 3.88. The number of nitrogens with zero attached hydrogens (tertiary/aromatic N) is 4. The molecule has 112 valence electrons. The quantitative estimate of drug-likeness (QED) is 0.721. The Morgan fingerprint density at radius 2 is 1.62 bits per heavy atom. The van der Waals surface area contributed by atoms with Crippen LogP contribution in [0.2, 0.25) is 5.02 Å². The van der Waals surface area contributed by atoms with Crippen molar-refractivity contribution in [2.75, 3.05) is 0 Å². The lowest BCUT2D eigenvalue weighted by Crippen LogP contribution is -2.10. The van der Waals surface area contributed by atoms with Crippen molar-refractivity contribution in [1.29, 1.82) is 0 Å². The van der Waals surface area contributed by atoms with E-state index in [4.69, 9.17) is 36.0 Å². The van der Waals surface area contributed by atoms with E-state index >= 15 is 0 Å². The van der Waals surface area contributed by atoms with Crippen molar-refractivity contribution in [1.82, 2.24) is 18.9 Å². The molecule has 0 spiro atoms.